The minimum atomic E-state index is -0.474. The predicted octanol–water partition coefficient (Wildman–Crippen LogP) is 1.50. The molecule has 0 unspecified atom stereocenters. The topological polar surface area (TPSA) is 12.0 Å². The number of hydrogen-bond acceptors (Lipinski definition) is 1. The molecule has 0 aromatic heterocycles. The van der Waals surface area contributed by atoms with Crippen molar-refractivity contribution in [2.75, 3.05) is 0 Å². The number of hydrogen-bond donors (Lipinski definition) is 1. The van der Waals surface area contributed by atoms with Crippen LogP contribution in [-0.4, -0.2) is 15.0 Å². The molecule has 0 saturated heterocycles. The van der Waals surface area contributed by atoms with Crippen molar-refractivity contribution in [2.45, 2.75) is 44.8 Å². The van der Waals surface area contributed by atoms with Gasteiger partial charge in [-0.3, -0.25) is 0 Å². The third kappa shape index (κ3) is 2.50. The Morgan fingerprint density at radius 3 is 2.22 bits per heavy atom. The maximum Gasteiger partial charge on any atom is 0.102 e. The van der Waals surface area contributed by atoms with Gasteiger partial charge in [0.2, 0.25) is 0 Å². The molecule has 0 bridgehead atoms. The van der Waals surface area contributed by atoms with Crippen molar-refractivity contribution in [3.05, 3.63) is 0 Å². The van der Waals surface area contributed by atoms with Crippen molar-refractivity contribution in [3.63, 3.8) is 0 Å². The van der Waals surface area contributed by atoms with Crippen molar-refractivity contribution in [2.24, 2.45) is 0 Å². The molecule has 1 N–H and O–H groups in total. The van der Waals surface area contributed by atoms with E-state index in [4.69, 9.17) is 0 Å². The largest absolute Gasteiger partial charge is 0.337 e. The first kappa shape index (κ1) is 7.29. The van der Waals surface area contributed by atoms with Crippen LogP contribution in [0.4, 0.5) is 0 Å². The molecule has 9 heavy (non-hydrogen) atoms. The summed E-state index contributed by atoms with van der Waals surface area (Å²) in [6.45, 7) is 4.72. The fourth-order valence-corrected chi connectivity index (χ4v) is 2.84. The molecule has 1 aliphatic rings. The molecule has 0 atom stereocenters. The van der Waals surface area contributed by atoms with E-state index in [2.05, 4.69) is 18.1 Å². The molecule has 0 amide bonds. The van der Waals surface area contributed by atoms with E-state index >= 15 is 0 Å². The lowest BCUT2D eigenvalue weighted by Gasteiger charge is -2.13. The van der Waals surface area contributed by atoms with Gasteiger partial charge in [-0.05, 0) is 12.8 Å². The second-order valence-electron chi connectivity index (χ2n) is 3.30. The van der Waals surface area contributed by atoms with Crippen LogP contribution in [0.2, 0.25) is 13.1 Å². The molecule has 0 radical (unpaired) electrons. The molecule has 0 aliphatic heterocycles. The molecule has 1 fully saturated rings. The highest BCUT2D eigenvalue weighted by Crippen LogP contribution is 2.17. The zero-order valence-corrected chi connectivity index (χ0v) is 7.64. The van der Waals surface area contributed by atoms with Crippen molar-refractivity contribution in [1.82, 2.24) is 4.98 Å². The molecular formula is C7H17NSi. The molecule has 2 heteroatoms. The van der Waals surface area contributed by atoms with Gasteiger partial charge in [-0.25, -0.2) is 0 Å². The summed E-state index contributed by atoms with van der Waals surface area (Å²) in [6.07, 6.45) is 5.79. The first-order valence-electron chi connectivity index (χ1n) is 4.05. The molecule has 0 aromatic carbocycles. The maximum atomic E-state index is 3.68. The SMILES string of the molecule is C[SiH](C)NC1CCCC1. The van der Waals surface area contributed by atoms with Gasteiger partial charge in [0.25, 0.3) is 0 Å². The lowest BCUT2D eigenvalue weighted by molar-refractivity contribution is 0.639. The summed E-state index contributed by atoms with van der Waals surface area (Å²) in [5.74, 6) is 0. The molecule has 0 spiro atoms. The Bertz CT molecular complexity index is 77.0. The molecular weight excluding hydrogens is 126 g/mol. The average molecular weight is 143 g/mol. The first-order valence-corrected chi connectivity index (χ1v) is 6.94. The Balaban J connectivity index is 2.11. The summed E-state index contributed by atoms with van der Waals surface area (Å²) in [4.78, 5) is 3.68. The van der Waals surface area contributed by atoms with Crippen LogP contribution in [0.25, 0.3) is 0 Å². The third-order valence-electron chi connectivity index (χ3n) is 1.92. The normalized spacial score (nSPS) is 21.7. The number of rotatable bonds is 2. The van der Waals surface area contributed by atoms with Gasteiger partial charge in [-0.2, -0.15) is 0 Å². The van der Waals surface area contributed by atoms with Gasteiger partial charge >= 0.3 is 0 Å². The summed E-state index contributed by atoms with van der Waals surface area (Å²) in [5.41, 5.74) is 0. The smallest absolute Gasteiger partial charge is 0.102 e. The van der Waals surface area contributed by atoms with Crippen molar-refractivity contribution in [1.29, 1.82) is 0 Å². The van der Waals surface area contributed by atoms with Gasteiger partial charge < -0.3 is 4.98 Å². The average Bonchev–Trinajstić information content (AvgIpc) is 2.15. The predicted molar refractivity (Wildman–Crippen MR) is 44.3 cm³/mol. The van der Waals surface area contributed by atoms with E-state index in [-0.39, 0.29) is 0 Å². The van der Waals surface area contributed by atoms with Gasteiger partial charge in [0, 0.05) is 6.04 Å². The van der Waals surface area contributed by atoms with Crippen LogP contribution in [0.15, 0.2) is 0 Å². The van der Waals surface area contributed by atoms with Crippen molar-refractivity contribution < 1.29 is 0 Å². The Hall–Kier alpha value is 0.177. The molecule has 0 aromatic rings. The van der Waals surface area contributed by atoms with Crippen LogP contribution in [-0.2, 0) is 0 Å². The minimum Gasteiger partial charge on any atom is -0.337 e. The fourth-order valence-electron chi connectivity index (χ4n) is 1.56. The van der Waals surface area contributed by atoms with Crippen molar-refractivity contribution >= 4 is 8.96 Å². The van der Waals surface area contributed by atoms with Crippen LogP contribution >= 0.6 is 0 Å². The Morgan fingerprint density at radius 2 is 1.78 bits per heavy atom. The van der Waals surface area contributed by atoms with Crippen LogP contribution in [0.5, 0.6) is 0 Å². The third-order valence-corrected chi connectivity index (χ3v) is 3.06. The standard InChI is InChI=1S/C7H17NSi/c1-9(2)8-7-5-3-4-6-7/h7-9H,3-6H2,1-2H3. The fraction of sp³-hybridized carbons (Fsp3) is 1.00. The molecule has 1 saturated carbocycles. The van der Waals surface area contributed by atoms with E-state index in [0.29, 0.717) is 0 Å². The monoisotopic (exact) mass is 143 g/mol. The van der Waals surface area contributed by atoms with Crippen LogP contribution in [0.1, 0.15) is 25.7 Å². The van der Waals surface area contributed by atoms with Crippen LogP contribution in [0, 0.1) is 0 Å². The van der Waals surface area contributed by atoms with Gasteiger partial charge in [0.1, 0.15) is 8.96 Å². The Morgan fingerprint density at radius 1 is 1.22 bits per heavy atom. The van der Waals surface area contributed by atoms with Crippen LogP contribution < -0.4 is 4.98 Å². The first-order chi connectivity index (χ1) is 4.29. The molecule has 1 aliphatic carbocycles. The lowest BCUT2D eigenvalue weighted by atomic mass is 10.3. The van der Waals surface area contributed by atoms with Gasteiger partial charge in [0.05, 0.1) is 0 Å². The van der Waals surface area contributed by atoms with Gasteiger partial charge in [-0.15, -0.1) is 0 Å². The highest BCUT2D eigenvalue weighted by Gasteiger charge is 2.14. The lowest BCUT2D eigenvalue weighted by Crippen LogP contribution is -2.35. The van der Waals surface area contributed by atoms with E-state index in [1.54, 1.807) is 0 Å². The molecule has 1 rings (SSSR count). The highest BCUT2D eigenvalue weighted by atomic mass is 28.3. The van der Waals surface area contributed by atoms with E-state index in [9.17, 15) is 0 Å². The number of nitrogens with one attached hydrogen (secondary N) is 1. The molecule has 0 heterocycles. The maximum absolute atomic E-state index is 3.68. The van der Waals surface area contributed by atoms with Crippen molar-refractivity contribution in [3.8, 4) is 0 Å². The Labute approximate surface area is 59.5 Å². The summed E-state index contributed by atoms with van der Waals surface area (Å²) >= 11 is 0. The van der Waals surface area contributed by atoms with E-state index in [1.807, 2.05) is 0 Å². The minimum absolute atomic E-state index is 0.474. The summed E-state index contributed by atoms with van der Waals surface area (Å²) in [7, 11) is -0.474. The molecule has 1 nitrogen and oxygen atoms in total. The summed E-state index contributed by atoms with van der Waals surface area (Å²) < 4.78 is 0. The second kappa shape index (κ2) is 3.37. The zero-order valence-electron chi connectivity index (χ0n) is 6.48. The second-order valence-corrected chi connectivity index (χ2v) is 5.95. The summed E-state index contributed by atoms with van der Waals surface area (Å²) in [6, 6.07) is 0.900. The molecule has 54 valence electrons. The zero-order chi connectivity index (χ0) is 6.69. The van der Waals surface area contributed by atoms with E-state index in [0.717, 1.165) is 6.04 Å². The summed E-state index contributed by atoms with van der Waals surface area (Å²) in [5, 5.41) is 0. The van der Waals surface area contributed by atoms with E-state index < -0.39 is 8.96 Å². The highest BCUT2D eigenvalue weighted by molar-refractivity contribution is 6.52. The van der Waals surface area contributed by atoms with E-state index in [1.165, 1.54) is 25.7 Å². The van der Waals surface area contributed by atoms with Gasteiger partial charge in [0.15, 0.2) is 0 Å². The van der Waals surface area contributed by atoms with Crippen LogP contribution in [0.3, 0.4) is 0 Å². The van der Waals surface area contributed by atoms with Gasteiger partial charge in [-0.1, -0.05) is 25.9 Å². The Kier molecular flexibility index (Phi) is 2.73. The quantitative estimate of drug-likeness (QED) is 0.578.